The third-order valence-corrected chi connectivity index (χ3v) is 4.54. The van der Waals surface area contributed by atoms with Crippen LogP contribution in [-0.2, 0) is 4.79 Å². The minimum absolute atomic E-state index is 0.0417. The van der Waals surface area contributed by atoms with Gasteiger partial charge in [-0.1, -0.05) is 11.6 Å². The Hall–Kier alpha value is -2.25. The molecule has 140 valence electrons. The number of carbonyl (C=O) groups excluding carboxylic acids is 2. The van der Waals surface area contributed by atoms with E-state index in [0.29, 0.717) is 25.2 Å². The normalized spacial score (nSPS) is 19.5. The fourth-order valence-corrected chi connectivity index (χ4v) is 3.03. The minimum atomic E-state index is -0.375. The maximum Gasteiger partial charge on any atom is 0.271 e. The topological polar surface area (TPSA) is 79.0 Å². The first kappa shape index (κ1) is 20.1. The lowest BCUT2D eigenvalue weighted by Crippen LogP contribution is -2.55. The number of allylic oxidation sites excluding steroid dienone is 1. The van der Waals surface area contributed by atoms with Crippen molar-refractivity contribution >= 4 is 29.5 Å². The van der Waals surface area contributed by atoms with Crippen LogP contribution in [0.25, 0.3) is 0 Å². The Morgan fingerprint density at radius 3 is 2.58 bits per heavy atom. The molecule has 0 radical (unpaired) electrons. The van der Waals surface area contributed by atoms with Gasteiger partial charge >= 0.3 is 0 Å². The number of halogens is 2. The lowest BCUT2D eigenvalue weighted by atomic mass is 10.1. The van der Waals surface area contributed by atoms with Gasteiger partial charge in [0.2, 0.25) is 0 Å². The van der Waals surface area contributed by atoms with Crippen molar-refractivity contribution in [3.05, 3.63) is 46.4 Å². The Morgan fingerprint density at radius 1 is 1.35 bits per heavy atom. The van der Waals surface area contributed by atoms with E-state index in [-0.39, 0.29) is 40.8 Å². The zero-order valence-corrected chi connectivity index (χ0v) is 15.5. The van der Waals surface area contributed by atoms with Crippen molar-refractivity contribution in [3.8, 4) is 0 Å². The summed E-state index contributed by atoms with van der Waals surface area (Å²) < 4.78 is 13.0. The lowest BCUT2D eigenvalue weighted by Gasteiger charge is -2.39. The van der Waals surface area contributed by atoms with E-state index in [0.717, 1.165) is 0 Å². The molecule has 2 N–H and O–H groups in total. The minimum Gasteiger partial charge on any atom is -0.393 e. The van der Waals surface area contributed by atoms with E-state index in [2.05, 4.69) is 4.99 Å². The van der Waals surface area contributed by atoms with Gasteiger partial charge in [0, 0.05) is 44.5 Å². The Morgan fingerprint density at radius 2 is 2.00 bits per heavy atom. The van der Waals surface area contributed by atoms with Crippen LogP contribution >= 0.6 is 11.6 Å². The number of carbonyl (C=O) groups is 2. The monoisotopic (exact) mass is 380 g/mol. The number of Topliss-reactive ketones (excluding diaryl/α,β-unsaturated/α-hetero) is 1. The van der Waals surface area contributed by atoms with Crippen LogP contribution < -0.4 is 5.73 Å². The Kier molecular flexibility index (Phi) is 6.88. The number of amides is 1. The molecule has 1 aliphatic rings. The quantitative estimate of drug-likeness (QED) is 0.478. The number of piperazine rings is 1. The van der Waals surface area contributed by atoms with Crippen LogP contribution in [0.3, 0.4) is 0 Å². The largest absolute Gasteiger partial charge is 0.393 e. The van der Waals surface area contributed by atoms with Crippen molar-refractivity contribution in [2.75, 3.05) is 33.2 Å². The first-order chi connectivity index (χ1) is 12.3. The first-order valence-corrected chi connectivity index (χ1v) is 8.60. The second kappa shape index (κ2) is 8.91. The molecule has 0 unspecified atom stereocenters. The molecule has 1 atom stereocenters. The second-order valence-electron chi connectivity index (χ2n) is 6.16. The van der Waals surface area contributed by atoms with Gasteiger partial charge in [0.1, 0.15) is 11.5 Å². The molecule has 2 rings (SSSR count). The van der Waals surface area contributed by atoms with Gasteiger partial charge < -0.3 is 10.6 Å². The molecule has 0 aromatic heterocycles. The van der Waals surface area contributed by atoms with Gasteiger partial charge in [0.05, 0.1) is 11.6 Å². The third kappa shape index (κ3) is 4.89. The number of aliphatic imine (C=N–C) groups is 1. The van der Waals surface area contributed by atoms with Crippen LogP contribution in [0.1, 0.15) is 17.3 Å². The number of nitrogens with two attached hydrogens (primary N) is 1. The molecule has 1 aliphatic heterocycles. The van der Waals surface area contributed by atoms with Gasteiger partial charge in [-0.15, -0.1) is 0 Å². The Balaban J connectivity index is 1.97. The SMILES string of the molecule is CN=CC(Cl)=C(N)C(=O)N1CCN(CC(=O)c2ccc(F)cc2)C[C@@H]1C. The number of benzene rings is 1. The third-order valence-electron chi connectivity index (χ3n) is 4.24. The zero-order valence-electron chi connectivity index (χ0n) is 14.8. The molecule has 0 aliphatic carbocycles. The van der Waals surface area contributed by atoms with Crippen LogP contribution in [0.5, 0.6) is 0 Å². The molecule has 0 saturated carbocycles. The number of rotatable bonds is 5. The molecule has 6 nitrogen and oxygen atoms in total. The molecule has 8 heteroatoms. The summed E-state index contributed by atoms with van der Waals surface area (Å²) in [6.07, 6.45) is 1.33. The number of hydrogen-bond donors (Lipinski definition) is 1. The first-order valence-electron chi connectivity index (χ1n) is 8.23. The molecular weight excluding hydrogens is 359 g/mol. The maximum atomic E-state index is 13.0. The molecule has 1 aromatic carbocycles. The van der Waals surface area contributed by atoms with E-state index in [1.165, 1.54) is 30.5 Å². The molecule has 1 aromatic rings. The average molecular weight is 381 g/mol. The van der Waals surface area contributed by atoms with E-state index in [9.17, 15) is 14.0 Å². The molecular formula is C18H22ClFN4O2. The summed E-state index contributed by atoms with van der Waals surface area (Å²) >= 11 is 5.95. The Bertz CT molecular complexity index is 733. The summed E-state index contributed by atoms with van der Waals surface area (Å²) in [5.41, 5.74) is 6.24. The summed E-state index contributed by atoms with van der Waals surface area (Å²) in [6, 6.07) is 5.36. The molecule has 1 fully saturated rings. The predicted molar refractivity (Wildman–Crippen MR) is 99.8 cm³/mol. The Labute approximate surface area is 157 Å². The standard InChI is InChI=1S/C18H22ClFN4O2/c1-12-10-23(11-16(25)13-3-5-14(20)6-4-13)7-8-24(12)18(26)17(21)15(19)9-22-2/h3-6,9,12H,7-8,10-11,21H2,1-2H3/t12-/m0/s1. The average Bonchev–Trinajstić information content (AvgIpc) is 2.61. The van der Waals surface area contributed by atoms with Crippen molar-refractivity contribution in [2.24, 2.45) is 10.7 Å². The fraction of sp³-hybridized carbons (Fsp3) is 0.389. The van der Waals surface area contributed by atoms with E-state index in [4.69, 9.17) is 17.3 Å². The van der Waals surface area contributed by atoms with Crippen molar-refractivity contribution in [1.82, 2.24) is 9.80 Å². The zero-order chi connectivity index (χ0) is 19.3. The van der Waals surface area contributed by atoms with E-state index in [1.807, 2.05) is 11.8 Å². The number of ketones is 1. The van der Waals surface area contributed by atoms with Crippen molar-refractivity contribution in [2.45, 2.75) is 13.0 Å². The maximum absolute atomic E-state index is 13.0. The van der Waals surface area contributed by atoms with Gasteiger partial charge in [0.25, 0.3) is 5.91 Å². The van der Waals surface area contributed by atoms with Crippen molar-refractivity contribution < 1.29 is 14.0 Å². The van der Waals surface area contributed by atoms with Gasteiger partial charge in [-0.3, -0.25) is 19.5 Å². The summed E-state index contributed by atoms with van der Waals surface area (Å²) in [7, 11) is 1.54. The summed E-state index contributed by atoms with van der Waals surface area (Å²) in [6.45, 7) is 3.61. The molecule has 0 bridgehead atoms. The highest BCUT2D eigenvalue weighted by Gasteiger charge is 2.30. The smallest absolute Gasteiger partial charge is 0.271 e. The van der Waals surface area contributed by atoms with Crippen LogP contribution in [0.4, 0.5) is 4.39 Å². The van der Waals surface area contributed by atoms with Gasteiger partial charge in [-0.25, -0.2) is 4.39 Å². The molecule has 0 spiro atoms. The van der Waals surface area contributed by atoms with Crippen molar-refractivity contribution in [1.29, 1.82) is 0 Å². The van der Waals surface area contributed by atoms with E-state index >= 15 is 0 Å². The molecule has 26 heavy (non-hydrogen) atoms. The van der Waals surface area contributed by atoms with Crippen molar-refractivity contribution in [3.63, 3.8) is 0 Å². The van der Waals surface area contributed by atoms with E-state index < -0.39 is 0 Å². The molecule has 1 amide bonds. The highest BCUT2D eigenvalue weighted by atomic mass is 35.5. The van der Waals surface area contributed by atoms with Gasteiger partial charge in [-0.2, -0.15) is 0 Å². The van der Waals surface area contributed by atoms with Crippen LogP contribution in [0.2, 0.25) is 0 Å². The fourth-order valence-electron chi connectivity index (χ4n) is 2.85. The van der Waals surface area contributed by atoms with Crippen LogP contribution in [0, 0.1) is 5.82 Å². The lowest BCUT2D eigenvalue weighted by molar-refractivity contribution is -0.131. The summed E-state index contributed by atoms with van der Waals surface area (Å²) in [5.74, 6) is -0.801. The van der Waals surface area contributed by atoms with Gasteiger partial charge in [-0.05, 0) is 31.2 Å². The summed E-state index contributed by atoms with van der Waals surface area (Å²) in [5, 5.41) is 0.110. The molecule has 1 saturated heterocycles. The van der Waals surface area contributed by atoms with Crippen LogP contribution in [0.15, 0.2) is 40.0 Å². The second-order valence-corrected chi connectivity index (χ2v) is 6.57. The van der Waals surface area contributed by atoms with Gasteiger partial charge in [0.15, 0.2) is 5.78 Å². The summed E-state index contributed by atoms with van der Waals surface area (Å²) in [4.78, 5) is 32.1. The number of hydrogen-bond acceptors (Lipinski definition) is 5. The highest BCUT2D eigenvalue weighted by Crippen LogP contribution is 2.15. The van der Waals surface area contributed by atoms with Crippen LogP contribution in [-0.4, -0.2) is 67.0 Å². The number of nitrogens with zero attached hydrogens (tertiary/aromatic N) is 3. The molecule has 1 heterocycles. The highest BCUT2D eigenvalue weighted by molar-refractivity contribution is 6.41. The van der Waals surface area contributed by atoms with E-state index in [1.54, 1.807) is 11.9 Å². The predicted octanol–water partition coefficient (Wildman–Crippen LogP) is 1.65.